The van der Waals surface area contributed by atoms with Gasteiger partial charge in [0.25, 0.3) is 5.91 Å². The summed E-state index contributed by atoms with van der Waals surface area (Å²) in [6, 6.07) is 23.0. The molecule has 1 aromatic heterocycles. The highest BCUT2D eigenvalue weighted by Crippen LogP contribution is 2.26. The lowest BCUT2D eigenvalue weighted by Crippen LogP contribution is -2.30. The highest BCUT2D eigenvalue weighted by Gasteiger charge is 2.21. The third kappa shape index (κ3) is 5.85. The Bertz CT molecular complexity index is 1310. The van der Waals surface area contributed by atoms with Gasteiger partial charge in [0.2, 0.25) is 0 Å². The predicted molar refractivity (Wildman–Crippen MR) is 134 cm³/mol. The van der Waals surface area contributed by atoms with Gasteiger partial charge in [0.05, 0.1) is 20.8 Å². The van der Waals surface area contributed by atoms with E-state index in [9.17, 15) is 14.7 Å². The molecule has 4 rings (SSSR count). The molecule has 0 aliphatic rings. The van der Waals surface area contributed by atoms with E-state index in [1.165, 1.54) is 30.9 Å². The van der Waals surface area contributed by atoms with Crippen LogP contribution in [0, 0.1) is 0 Å². The van der Waals surface area contributed by atoms with Crippen LogP contribution in [-0.4, -0.2) is 41.1 Å². The number of carboxylic acid groups (broad SMARTS) is 1. The van der Waals surface area contributed by atoms with E-state index in [0.29, 0.717) is 28.6 Å². The molecular formula is C27H24N2O5S. The summed E-state index contributed by atoms with van der Waals surface area (Å²) in [5.41, 5.74) is 3.42. The van der Waals surface area contributed by atoms with Crippen molar-refractivity contribution in [2.45, 2.75) is 13.1 Å². The van der Waals surface area contributed by atoms with Gasteiger partial charge in [-0.3, -0.25) is 4.79 Å². The van der Waals surface area contributed by atoms with Gasteiger partial charge < -0.3 is 19.5 Å². The number of carbonyl (C=O) groups excluding carboxylic acids is 1. The molecule has 0 saturated heterocycles. The molecular weight excluding hydrogens is 464 g/mol. The Labute approximate surface area is 207 Å². The van der Waals surface area contributed by atoms with E-state index in [1.54, 1.807) is 23.1 Å². The average Bonchev–Trinajstić information content (AvgIpc) is 3.37. The third-order valence-electron chi connectivity index (χ3n) is 5.39. The zero-order chi connectivity index (χ0) is 24.8. The standard InChI is InChI=1S/C27H24N2O5S/c1-33-22-12-21(13-23(14-22)34-2)26(30)29(16-25-28-24(17-35-25)27(31)32)15-18-7-6-10-20(11-18)19-8-4-3-5-9-19/h3-14,17H,15-16H2,1-2H3,(H,31,32). The Kier molecular flexibility index (Phi) is 7.42. The van der Waals surface area contributed by atoms with Crippen LogP contribution < -0.4 is 9.47 Å². The van der Waals surface area contributed by atoms with Crippen molar-refractivity contribution in [3.05, 3.63) is 100 Å². The molecule has 0 aliphatic carbocycles. The van der Waals surface area contributed by atoms with Crippen LogP contribution in [0.15, 0.2) is 78.2 Å². The first-order valence-corrected chi connectivity index (χ1v) is 11.7. The second-order valence-corrected chi connectivity index (χ2v) is 8.70. The number of carbonyl (C=O) groups is 2. The van der Waals surface area contributed by atoms with Gasteiger partial charge in [-0.05, 0) is 34.9 Å². The number of aromatic nitrogens is 1. The fourth-order valence-electron chi connectivity index (χ4n) is 3.66. The zero-order valence-corrected chi connectivity index (χ0v) is 20.1. The third-order valence-corrected chi connectivity index (χ3v) is 6.22. The molecule has 3 aromatic carbocycles. The second-order valence-electron chi connectivity index (χ2n) is 7.76. The maximum atomic E-state index is 13.7. The van der Waals surface area contributed by atoms with E-state index in [4.69, 9.17) is 9.47 Å². The van der Waals surface area contributed by atoms with Crippen molar-refractivity contribution >= 4 is 23.2 Å². The number of benzene rings is 3. The van der Waals surface area contributed by atoms with Crippen LogP contribution in [0.2, 0.25) is 0 Å². The summed E-state index contributed by atoms with van der Waals surface area (Å²) in [6.07, 6.45) is 0. The van der Waals surface area contributed by atoms with Gasteiger partial charge in [0.1, 0.15) is 16.5 Å². The van der Waals surface area contributed by atoms with Crippen LogP contribution in [0.3, 0.4) is 0 Å². The van der Waals surface area contributed by atoms with Crippen molar-refractivity contribution in [3.8, 4) is 22.6 Å². The number of hydrogen-bond donors (Lipinski definition) is 1. The van der Waals surface area contributed by atoms with Crippen LogP contribution >= 0.6 is 11.3 Å². The summed E-state index contributed by atoms with van der Waals surface area (Å²) >= 11 is 1.21. The molecule has 0 radical (unpaired) electrons. The fourth-order valence-corrected chi connectivity index (χ4v) is 4.44. The molecule has 0 fully saturated rings. The van der Waals surface area contributed by atoms with Gasteiger partial charge >= 0.3 is 5.97 Å². The molecule has 0 unspecified atom stereocenters. The average molecular weight is 489 g/mol. The van der Waals surface area contributed by atoms with Crippen LogP contribution in [0.5, 0.6) is 11.5 Å². The minimum absolute atomic E-state index is 0.0356. The number of carboxylic acids is 1. The van der Waals surface area contributed by atoms with Crippen LogP contribution in [0.1, 0.15) is 31.4 Å². The van der Waals surface area contributed by atoms with Gasteiger partial charge in [0, 0.05) is 23.6 Å². The minimum atomic E-state index is -1.10. The van der Waals surface area contributed by atoms with Gasteiger partial charge in [-0.25, -0.2) is 9.78 Å². The first-order chi connectivity index (χ1) is 17.0. The summed E-state index contributed by atoms with van der Waals surface area (Å²) in [5, 5.41) is 11.3. The number of hydrogen-bond acceptors (Lipinski definition) is 6. The lowest BCUT2D eigenvalue weighted by molar-refractivity contribution is 0.0691. The Morgan fingerprint density at radius 2 is 1.57 bits per heavy atom. The molecule has 1 heterocycles. The number of ether oxygens (including phenoxy) is 2. The summed E-state index contributed by atoms with van der Waals surface area (Å²) in [6.45, 7) is 0.465. The first kappa shape index (κ1) is 24.0. The molecule has 7 nitrogen and oxygen atoms in total. The molecule has 1 amide bonds. The highest BCUT2D eigenvalue weighted by molar-refractivity contribution is 7.09. The van der Waals surface area contributed by atoms with Crippen LogP contribution in [0.25, 0.3) is 11.1 Å². The predicted octanol–water partition coefficient (Wildman–Crippen LogP) is 5.37. The maximum absolute atomic E-state index is 13.7. The largest absolute Gasteiger partial charge is 0.497 e. The van der Waals surface area contributed by atoms with E-state index in [0.717, 1.165) is 16.7 Å². The number of aromatic carboxylic acids is 1. The zero-order valence-electron chi connectivity index (χ0n) is 19.3. The topological polar surface area (TPSA) is 89.0 Å². The molecule has 35 heavy (non-hydrogen) atoms. The van der Waals surface area contributed by atoms with Gasteiger partial charge in [-0.1, -0.05) is 48.5 Å². The Hall–Kier alpha value is -4.17. The quantitative estimate of drug-likeness (QED) is 0.341. The van der Waals surface area contributed by atoms with Gasteiger partial charge in [0.15, 0.2) is 5.69 Å². The Morgan fingerprint density at radius 1 is 0.886 bits per heavy atom. The molecule has 1 N–H and O–H groups in total. The van der Waals surface area contributed by atoms with Crippen LogP contribution in [-0.2, 0) is 13.1 Å². The Morgan fingerprint density at radius 3 is 2.20 bits per heavy atom. The van der Waals surface area contributed by atoms with Crippen molar-refractivity contribution in [2.75, 3.05) is 14.2 Å². The van der Waals surface area contributed by atoms with Crippen molar-refractivity contribution in [1.29, 1.82) is 0 Å². The number of methoxy groups -OCH3 is 2. The van der Waals surface area contributed by atoms with Crippen LogP contribution in [0.4, 0.5) is 0 Å². The van der Waals surface area contributed by atoms with E-state index in [2.05, 4.69) is 4.98 Å². The number of amides is 1. The second kappa shape index (κ2) is 10.8. The van der Waals surface area contributed by atoms with E-state index in [1.807, 2.05) is 54.6 Å². The van der Waals surface area contributed by atoms with Crippen molar-refractivity contribution < 1.29 is 24.2 Å². The molecule has 0 bridgehead atoms. The van der Waals surface area contributed by atoms with E-state index in [-0.39, 0.29) is 18.1 Å². The Balaban J connectivity index is 1.68. The van der Waals surface area contributed by atoms with Crippen molar-refractivity contribution in [1.82, 2.24) is 9.88 Å². The SMILES string of the molecule is COc1cc(OC)cc(C(=O)N(Cc2cccc(-c3ccccc3)c2)Cc2nc(C(=O)O)cs2)c1. The minimum Gasteiger partial charge on any atom is -0.497 e. The van der Waals surface area contributed by atoms with E-state index < -0.39 is 5.97 Å². The first-order valence-electron chi connectivity index (χ1n) is 10.8. The maximum Gasteiger partial charge on any atom is 0.355 e. The van der Waals surface area contributed by atoms with E-state index >= 15 is 0 Å². The summed E-state index contributed by atoms with van der Waals surface area (Å²) in [7, 11) is 3.05. The number of rotatable bonds is 9. The normalized spacial score (nSPS) is 10.6. The molecule has 4 aromatic rings. The molecule has 0 saturated carbocycles. The lowest BCUT2D eigenvalue weighted by atomic mass is 10.0. The lowest BCUT2D eigenvalue weighted by Gasteiger charge is -2.23. The fraction of sp³-hybridized carbons (Fsp3) is 0.148. The molecule has 178 valence electrons. The summed E-state index contributed by atoms with van der Waals surface area (Å²) in [4.78, 5) is 30.8. The number of nitrogens with zero attached hydrogens (tertiary/aromatic N) is 2. The summed E-state index contributed by atoms with van der Waals surface area (Å²) in [5.74, 6) is -0.347. The van der Waals surface area contributed by atoms with Crippen molar-refractivity contribution in [2.24, 2.45) is 0 Å². The highest BCUT2D eigenvalue weighted by atomic mass is 32.1. The summed E-state index contributed by atoms with van der Waals surface area (Å²) < 4.78 is 10.7. The molecule has 0 atom stereocenters. The molecule has 0 aliphatic heterocycles. The van der Waals surface area contributed by atoms with Crippen molar-refractivity contribution in [3.63, 3.8) is 0 Å². The smallest absolute Gasteiger partial charge is 0.355 e. The molecule has 8 heteroatoms. The van der Waals surface area contributed by atoms with Gasteiger partial charge in [-0.2, -0.15) is 0 Å². The molecule has 0 spiro atoms. The number of thiazole rings is 1. The van der Waals surface area contributed by atoms with Gasteiger partial charge in [-0.15, -0.1) is 11.3 Å². The monoisotopic (exact) mass is 488 g/mol.